The third-order valence-electron chi connectivity index (χ3n) is 3.82. The SMILES string of the molecule is C=Cc1oc2cc3c4c(ccc3cc2c(=O)c1C=C)OCO4. The zero-order valence-electron chi connectivity index (χ0n) is 11.7. The molecule has 4 rings (SSSR count). The third kappa shape index (κ3) is 1.61. The van der Waals surface area contributed by atoms with Gasteiger partial charge in [0.05, 0.1) is 10.9 Å². The summed E-state index contributed by atoms with van der Waals surface area (Å²) in [6.45, 7) is 7.55. The fourth-order valence-corrected chi connectivity index (χ4v) is 2.76. The second-order valence-electron chi connectivity index (χ2n) is 4.99. The van der Waals surface area contributed by atoms with Crippen molar-refractivity contribution in [3.05, 3.63) is 59.0 Å². The second-order valence-corrected chi connectivity index (χ2v) is 4.99. The summed E-state index contributed by atoms with van der Waals surface area (Å²) in [5.74, 6) is 1.78. The molecule has 1 aromatic heterocycles. The van der Waals surface area contributed by atoms with Crippen LogP contribution in [0, 0.1) is 0 Å². The summed E-state index contributed by atoms with van der Waals surface area (Å²) >= 11 is 0. The summed E-state index contributed by atoms with van der Waals surface area (Å²) in [6, 6.07) is 7.35. The lowest BCUT2D eigenvalue weighted by Crippen LogP contribution is -2.07. The topological polar surface area (TPSA) is 48.7 Å². The molecular formula is C18H12O4. The lowest BCUT2D eigenvalue weighted by molar-refractivity contribution is 0.175. The van der Waals surface area contributed by atoms with Crippen LogP contribution in [0.5, 0.6) is 11.5 Å². The number of hydrogen-bond donors (Lipinski definition) is 0. The highest BCUT2D eigenvalue weighted by atomic mass is 16.7. The van der Waals surface area contributed by atoms with Crippen molar-refractivity contribution < 1.29 is 13.9 Å². The molecular weight excluding hydrogens is 280 g/mol. The van der Waals surface area contributed by atoms with Crippen LogP contribution in [0.4, 0.5) is 0 Å². The van der Waals surface area contributed by atoms with E-state index in [1.54, 1.807) is 12.1 Å². The number of hydrogen-bond acceptors (Lipinski definition) is 4. The zero-order valence-corrected chi connectivity index (χ0v) is 11.7. The van der Waals surface area contributed by atoms with Gasteiger partial charge in [0, 0.05) is 5.39 Å². The summed E-state index contributed by atoms with van der Waals surface area (Å²) in [4.78, 5) is 12.6. The molecule has 2 aromatic carbocycles. The first-order valence-electron chi connectivity index (χ1n) is 6.81. The molecule has 2 heterocycles. The van der Waals surface area contributed by atoms with Gasteiger partial charge < -0.3 is 13.9 Å². The van der Waals surface area contributed by atoms with Gasteiger partial charge in [-0.2, -0.15) is 0 Å². The molecule has 22 heavy (non-hydrogen) atoms. The Morgan fingerprint density at radius 1 is 1.05 bits per heavy atom. The molecule has 1 aliphatic heterocycles. The van der Waals surface area contributed by atoms with Crippen LogP contribution in [0.15, 0.2) is 46.6 Å². The highest BCUT2D eigenvalue weighted by molar-refractivity contribution is 6.00. The van der Waals surface area contributed by atoms with Crippen molar-refractivity contribution in [1.82, 2.24) is 0 Å². The first-order valence-corrected chi connectivity index (χ1v) is 6.81. The number of rotatable bonds is 2. The van der Waals surface area contributed by atoms with Crippen molar-refractivity contribution in [3.63, 3.8) is 0 Å². The summed E-state index contributed by atoms with van der Waals surface area (Å²) < 4.78 is 16.7. The van der Waals surface area contributed by atoms with E-state index in [1.807, 2.05) is 12.1 Å². The maximum atomic E-state index is 12.6. The Hall–Kier alpha value is -3.01. The summed E-state index contributed by atoms with van der Waals surface area (Å²) in [7, 11) is 0. The Morgan fingerprint density at radius 3 is 2.68 bits per heavy atom. The quantitative estimate of drug-likeness (QED) is 0.671. The van der Waals surface area contributed by atoms with Crippen molar-refractivity contribution in [2.45, 2.75) is 0 Å². The van der Waals surface area contributed by atoms with Crippen LogP contribution in [-0.4, -0.2) is 6.79 Å². The minimum atomic E-state index is -0.120. The predicted molar refractivity (Wildman–Crippen MR) is 86.3 cm³/mol. The van der Waals surface area contributed by atoms with Crippen LogP contribution in [0.2, 0.25) is 0 Å². The van der Waals surface area contributed by atoms with Gasteiger partial charge in [-0.05, 0) is 29.7 Å². The lowest BCUT2D eigenvalue weighted by atomic mass is 10.0. The van der Waals surface area contributed by atoms with E-state index in [9.17, 15) is 4.79 Å². The van der Waals surface area contributed by atoms with Gasteiger partial charge in [-0.15, -0.1) is 0 Å². The van der Waals surface area contributed by atoms with Crippen molar-refractivity contribution in [1.29, 1.82) is 0 Å². The Labute approximate surface area is 125 Å². The van der Waals surface area contributed by atoms with E-state index < -0.39 is 0 Å². The van der Waals surface area contributed by atoms with Crippen LogP contribution >= 0.6 is 0 Å². The highest BCUT2D eigenvalue weighted by Gasteiger charge is 2.18. The van der Waals surface area contributed by atoms with Gasteiger partial charge in [-0.1, -0.05) is 25.3 Å². The smallest absolute Gasteiger partial charge is 0.231 e. The van der Waals surface area contributed by atoms with Crippen LogP contribution in [0.25, 0.3) is 33.9 Å². The molecule has 108 valence electrons. The van der Waals surface area contributed by atoms with Crippen molar-refractivity contribution in [3.8, 4) is 11.5 Å². The van der Waals surface area contributed by atoms with Crippen LogP contribution in [0.1, 0.15) is 11.3 Å². The minimum absolute atomic E-state index is 0.120. The fraction of sp³-hybridized carbons (Fsp3) is 0.0556. The van der Waals surface area contributed by atoms with Gasteiger partial charge in [0.25, 0.3) is 0 Å². The van der Waals surface area contributed by atoms with Crippen molar-refractivity contribution >= 4 is 33.9 Å². The van der Waals surface area contributed by atoms with Gasteiger partial charge in [0.15, 0.2) is 11.5 Å². The lowest BCUT2D eigenvalue weighted by Gasteiger charge is -2.07. The van der Waals surface area contributed by atoms with E-state index in [0.29, 0.717) is 33.8 Å². The molecule has 0 aliphatic carbocycles. The molecule has 1 aliphatic rings. The van der Waals surface area contributed by atoms with Gasteiger partial charge >= 0.3 is 0 Å². The number of benzene rings is 2. The van der Waals surface area contributed by atoms with Crippen LogP contribution in [0.3, 0.4) is 0 Å². The maximum Gasteiger partial charge on any atom is 0.231 e. The average molecular weight is 292 g/mol. The first-order chi connectivity index (χ1) is 10.7. The molecule has 0 unspecified atom stereocenters. The van der Waals surface area contributed by atoms with E-state index >= 15 is 0 Å². The Bertz CT molecular complexity index is 1010. The minimum Gasteiger partial charge on any atom is -0.456 e. The zero-order chi connectivity index (χ0) is 15.3. The Morgan fingerprint density at radius 2 is 1.91 bits per heavy atom. The highest BCUT2D eigenvalue weighted by Crippen LogP contribution is 2.40. The second kappa shape index (κ2) is 4.49. The van der Waals surface area contributed by atoms with Gasteiger partial charge in [0.2, 0.25) is 12.2 Å². The molecule has 0 saturated heterocycles. The first kappa shape index (κ1) is 12.7. The van der Waals surface area contributed by atoms with E-state index in [4.69, 9.17) is 13.9 Å². The summed E-state index contributed by atoms with van der Waals surface area (Å²) in [5.41, 5.74) is 0.787. The standard InChI is InChI=1S/C18H12O4/c1-3-11-14(4-2)22-16-8-12-10(7-13(16)17(11)19)5-6-15-18(12)21-9-20-15/h3-8H,1-2,9H2. The van der Waals surface area contributed by atoms with Crippen molar-refractivity contribution in [2.24, 2.45) is 0 Å². The molecule has 3 aromatic rings. The van der Waals surface area contributed by atoms with Gasteiger partial charge in [0.1, 0.15) is 11.3 Å². The van der Waals surface area contributed by atoms with Gasteiger partial charge in [-0.3, -0.25) is 4.79 Å². The van der Waals surface area contributed by atoms with Crippen LogP contribution < -0.4 is 14.9 Å². The largest absolute Gasteiger partial charge is 0.456 e. The number of ether oxygens (including phenoxy) is 2. The Kier molecular flexibility index (Phi) is 2.60. The summed E-state index contributed by atoms with van der Waals surface area (Å²) in [6.07, 6.45) is 3.00. The van der Waals surface area contributed by atoms with Crippen molar-refractivity contribution in [2.75, 3.05) is 6.79 Å². The predicted octanol–water partition coefficient (Wildman–Crippen LogP) is 3.96. The molecule has 0 bridgehead atoms. The Balaban J connectivity index is 2.17. The molecule has 0 atom stereocenters. The molecule has 0 spiro atoms. The summed E-state index contributed by atoms with van der Waals surface area (Å²) in [5, 5.41) is 2.25. The molecule has 0 amide bonds. The van der Waals surface area contributed by atoms with Gasteiger partial charge in [-0.25, -0.2) is 0 Å². The maximum absolute atomic E-state index is 12.6. The molecule has 0 fully saturated rings. The van der Waals surface area contributed by atoms with E-state index in [1.165, 1.54) is 12.2 Å². The number of fused-ring (bicyclic) bond motifs is 4. The molecule has 4 nitrogen and oxygen atoms in total. The average Bonchev–Trinajstić information content (AvgIpc) is 3.02. The van der Waals surface area contributed by atoms with Crippen LogP contribution in [-0.2, 0) is 0 Å². The monoisotopic (exact) mass is 292 g/mol. The fourth-order valence-electron chi connectivity index (χ4n) is 2.76. The normalized spacial score (nSPS) is 12.7. The van der Waals surface area contributed by atoms with E-state index in [-0.39, 0.29) is 12.2 Å². The molecule has 4 heteroatoms. The third-order valence-corrected chi connectivity index (χ3v) is 3.82. The van der Waals surface area contributed by atoms with E-state index in [2.05, 4.69) is 13.2 Å². The molecule has 0 saturated carbocycles. The van der Waals surface area contributed by atoms with E-state index in [0.717, 1.165) is 10.8 Å². The molecule has 0 N–H and O–H groups in total. The molecule has 0 radical (unpaired) electrons.